The summed E-state index contributed by atoms with van der Waals surface area (Å²) in [5.41, 5.74) is 1.45. The van der Waals surface area contributed by atoms with Crippen molar-refractivity contribution in [3.8, 4) is 0 Å². The molecule has 1 atom stereocenters. The zero-order valence-corrected chi connectivity index (χ0v) is 13.7. The predicted molar refractivity (Wildman–Crippen MR) is 80.7 cm³/mol. The molecule has 0 fully saturated rings. The van der Waals surface area contributed by atoms with Crippen LogP contribution in [0.1, 0.15) is 39.7 Å². The number of halogens is 2. The Balaban J connectivity index is 2.76. The van der Waals surface area contributed by atoms with Crippen molar-refractivity contribution in [3.05, 3.63) is 28.0 Å². The van der Waals surface area contributed by atoms with Crippen molar-refractivity contribution in [3.63, 3.8) is 0 Å². The van der Waals surface area contributed by atoms with E-state index in [0.717, 1.165) is 5.56 Å². The third kappa shape index (κ3) is 4.60. The summed E-state index contributed by atoms with van der Waals surface area (Å²) in [4.78, 5) is 12.0. The molecule has 0 bridgehead atoms. The van der Waals surface area contributed by atoms with Gasteiger partial charge in [0, 0.05) is 12.1 Å². The Hall–Kier alpha value is -0.900. The van der Waals surface area contributed by atoms with Gasteiger partial charge >= 0.3 is 0 Å². The summed E-state index contributed by atoms with van der Waals surface area (Å²) >= 11 is 3.13. The second-order valence-electron chi connectivity index (χ2n) is 6.10. The molecule has 2 nitrogen and oxygen atoms in total. The van der Waals surface area contributed by atoms with Crippen LogP contribution in [0.3, 0.4) is 0 Å². The number of hydrogen-bond acceptors (Lipinski definition) is 1. The highest BCUT2D eigenvalue weighted by atomic mass is 79.9. The van der Waals surface area contributed by atoms with Gasteiger partial charge in [-0.15, -0.1) is 0 Å². The van der Waals surface area contributed by atoms with E-state index in [4.69, 9.17) is 0 Å². The minimum Gasteiger partial charge on any atom is -0.326 e. The van der Waals surface area contributed by atoms with E-state index in [0.29, 0.717) is 16.6 Å². The Morgan fingerprint density at radius 1 is 1.42 bits per heavy atom. The number of benzene rings is 1. The van der Waals surface area contributed by atoms with Gasteiger partial charge in [0.15, 0.2) is 0 Å². The average Bonchev–Trinajstić information content (AvgIpc) is 2.24. The standard InChI is InChI=1S/C15H21BrFNO/c1-9-6-11(16)12(17)8-13(9)18-14(19)7-10(2)15(3,4)5/h6,8,10H,7H2,1-5H3,(H,18,19). The molecular weight excluding hydrogens is 309 g/mol. The number of amides is 1. The lowest BCUT2D eigenvalue weighted by atomic mass is 9.80. The first-order valence-corrected chi connectivity index (χ1v) is 7.16. The number of carbonyl (C=O) groups is 1. The fraction of sp³-hybridized carbons (Fsp3) is 0.533. The van der Waals surface area contributed by atoms with E-state index in [9.17, 15) is 9.18 Å². The van der Waals surface area contributed by atoms with Crippen molar-refractivity contribution >= 4 is 27.5 Å². The number of hydrogen-bond donors (Lipinski definition) is 1. The van der Waals surface area contributed by atoms with Crippen molar-refractivity contribution in [1.29, 1.82) is 0 Å². The van der Waals surface area contributed by atoms with E-state index in [1.807, 2.05) is 6.92 Å². The Kier molecular flexibility index (Phi) is 5.13. The Bertz CT molecular complexity index is 480. The molecule has 0 radical (unpaired) electrons. The fourth-order valence-electron chi connectivity index (χ4n) is 1.57. The van der Waals surface area contributed by atoms with Crippen LogP contribution >= 0.6 is 15.9 Å². The summed E-state index contributed by atoms with van der Waals surface area (Å²) < 4.78 is 13.9. The van der Waals surface area contributed by atoms with Gasteiger partial charge in [0.05, 0.1) is 4.47 Å². The summed E-state index contributed by atoms with van der Waals surface area (Å²) in [6, 6.07) is 3.01. The summed E-state index contributed by atoms with van der Waals surface area (Å²) in [5, 5.41) is 2.78. The van der Waals surface area contributed by atoms with Crippen LogP contribution in [0.15, 0.2) is 16.6 Å². The first kappa shape index (κ1) is 16.2. The Morgan fingerprint density at radius 2 is 2.00 bits per heavy atom. The first-order chi connectivity index (χ1) is 8.61. The smallest absolute Gasteiger partial charge is 0.224 e. The maximum Gasteiger partial charge on any atom is 0.224 e. The van der Waals surface area contributed by atoms with Crippen LogP contribution in [0.2, 0.25) is 0 Å². The molecule has 0 aliphatic rings. The molecule has 1 aromatic carbocycles. The highest BCUT2D eigenvalue weighted by Gasteiger charge is 2.22. The summed E-state index contributed by atoms with van der Waals surface area (Å²) in [7, 11) is 0. The number of anilines is 1. The maximum absolute atomic E-state index is 13.5. The Labute approximate surface area is 122 Å². The lowest BCUT2D eigenvalue weighted by molar-refractivity contribution is -0.117. The first-order valence-electron chi connectivity index (χ1n) is 6.36. The van der Waals surface area contributed by atoms with Crippen molar-refractivity contribution in [2.24, 2.45) is 11.3 Å². The van der Waals surface area contributed by atoms with Gasteiger partial charge in [-0.2, -0.15) is 0 Å². The van der Waals surface area contributed by atoms with Crippen LogP contribution in [0.4, 0.5) is 10.1 Å². The molecule has 1 unspecified atom stereocenters. The van der Waals surface area contributed by atoms with Crippen molar-refractivity contribution in [1.82, 2.24) is 0 Å². The third-order valence-corrected chi connectivity index (χ3v) is 4.12. The van der Waals surface area contributed by atoms with Crippen LogP contribution in [0, 0.1) is 24.1 Å². The predicted octanol–water partition coefficient (Wildman–Crippen LogP) is 4.91. The van der Waals surface area contributed by atoms with Crippen molar-refractivity contribution < 1.29 is 9.18 Å². The highest BCUT2D eigenvalue weighted by molar-refractivity contribution is 9.10. The zero-order chi connectivity index (χ0) is 14.8. The van der Waals surface area contributed by atoms with E-state index in [1.165, 1.54) is 6.07 Å². The van der Waals surface area contributed by atoms with E-state index < -0.39 is 0 Å². The zero-order valence-electron chi connectivity index (χ0n) is 12.1. The molecule has 1 aromatic rings. The number of aryl methyl sites for hydroxylation is 1. The molecule has 0 saturated heterocycles. The quantitative estimate of drug-likeness (QED) is 0.838. The van der Waals surface area contributed by atoms with Crippen LogP contribution in [-0.2, 0) is 4.79 Å². The molecule has 0 aliphatic carbocycles. The minimum atomic E-state index is -0.371. The van der Waals surface area contributed by atoms with Gasteiger partial charge in [0.25, 0.3) is 0 Å². The molecule has 0 aromatic heterocycles. The van der Waals surface area contributed by atoms with Gasteiger partial charge in [-0.3, -0.25) is 4.79 Å². The molecule has 0 heterocycles. The van der Waals surface area contributed by atoms with Crippen LogP contribution < -0.4 is 5.32 Å². The van der Waals surface area contributed by atoms with Gasteiger partial charge in [-0.1, -0.05) is 27.7 Å². The largest absolute Gasteiger partial charge is 0.326 e. The summed E-state index contributed by atoms with van der Waals surface area (Å²) in [6.07, 6.45) is 0.431. The SMILES string of the molecule is Cc1cc(Br)c(F)cc1NC(=O)CC(C)C(C)(C)C. The van der Waals surface area contributed by atoms with Gasteiger partial charge in [-0.25, -0.2) is 4.39 Å². The van der Waals surface area contributed by atoms with Crippen LogP contribution in [0.25, 0.3) is 0 Å². The number of rotatable bonds is 3. The highest BCUT2D eigenvalue weighted by Crippen LogP contribution is 2.29. The topological polar surface area (TPSA) is 29.1 Å². The van der Waals surface area contributed by atoms with E-state index in [-0.39, 0.29) is 23.1 Å². The molecular formula is C15H21BrFNO. The molecule has 106 valence electrons. The normalized spacial score (nSPS) is 13.2. The van der Waals surface area contributed by atoms with Gasteiger partial charge in [0.1, 0.15) is 5.82 Å². The molecule has 1 N–H and O–H groups in total. The van der Waals surface area contributed by atoms with Gasteiger partial charge in [-0.05, 0) is 51.9 Å². The molecule has 1 rings (SSSR count). The maximum atomic E-state index is 13.5. The second kappa shape index (κ2) is 6.04. The Morgan fingerprint density at radius 3 is 2.53 bits per heavy atom. The van der Waals surface area contributed by atoms with Crippen molar-refractivity contribution in [2.75, 3.05) is 5.32 Å². The van der Waals surface area contributed by atoms with Crippen molar-refractivity contribution in [2.45, 2.75) is 41.0 Å². The van der Waals surface area contributed by atoms with E-state index in [2.05, 4.69) is 48.9 Å². The molecule has 4 heteroatoms. The van der Waals surface area contributed by atoms with Gasteiger partial charge in [0.2, 0.25) is 5.91 Å². The lowest BCUT2D eigenvalue weighted by Crippen LogP contribution is -2.24. The summed E-state index contributed by atoms with van der Waals surface area (Å²) in [5.74, 6) is -0.190. The number of nitrogens with one attached hydrogen (secondary N) is 1. The lowest BCUT2D eigenvalue weighted by Gasteiger charge is -2.26. The number of carbonyl (C=O) groups excluding carboxylic acids is 1. The van der Waals surface area contributed by atoms with Crippen LogP contribution in [-0.4, -0.2) is 5.91 Å². The third-order valence-electron chi connectivity index (χ3n) is 3.51. The molecule has 0 saturated carbocycles. The summed E-state index contributed by atoms with van der Waals surface area (Å²) in [6.45, 7) is 10.2. The molecule has 0 aliphatic heterocycles. The average molecular weight is 330 g/mol. The van der Waals surface area contributed by atoms with Crippen LogP contribution in [0.5, 0.6) is 0 Å². The molecule has 19 heavy (non-hydrogen) atoms. The monoisotopic (exact) mass is 329 g/mol. The fourth-order valence-corrected chi connectivity index (χ4v) is 2.02. The molecule has 0 spiro atoms. The van der Waals surface area contributed by atoms with Gasteiger partial charge < -0.3 is 5.32 Å². The minimum absolute atomic E-state index is 0.0766. The molecule has 1 amide bonds. The van der Waals surface area contributed by atoms with E-state index >= 15 is 0 Å². The van der Waals surface area contributed by atoms with E-state index in [1.54, 1.807) is 6.07 Å². The second-order valence-corrected chi connectivity index (χ2v) is 6.95.